The van der Waals surface area contributed by atoms with Crippen molar-refractivity contribution in [2.45, 2.75) is 6.92 Å². The lowest BCUT2D eigenvalue weighted by Crippen LogP contribution is -2.30. The quantitative estimate of drug-likeness (QED) is 0.768. The summed E-state index contributed by atoms with van der Waals surface area (Å²) in [6.45, 7) is 2.33. The Hall–Kier alpha value is -1.78. The highest BCUT2D eigenvalue weighted by atomic mass is 16.5. The first-order chi connectivity index (χ1) is 7.56. The van der Waals surface area contributed by atoms with Gasteiger partial charge in [0.15, 0.2) is 5.82 Å². The van der Waals surface area contributed by atoms with E-state index >= 15 is 0 Å². The maximum Gasteiger partial charge on any atom is 0.310 e. The summed E-state index contributed by atoms with van der Waals surface area (Å²) < 4.78 is 4.66. The van der Waals surface area contributed by atoms with Crippen molar-refractivity contribution in [2.24, 2.45) is 5.92 Å². The molecule has 1 rings (SSSR count). The third-order valence-corrected chi connectivity index (χ3v) is 2.33. The molecule has 5 heteroatoms. The van der Waals surface area contributed by atoms with Crippen LogP contribution in [0.25, 0.3) is 0 Å². The van der Waals surface area contributed by atoms with Crippen molar-refractivity contribution in [1.82, 2.24) is 4.98 Å². The number of rotatable bonds is 4. The second-order valence-electron chi connectivity index (χ2n) is 3.72. The fourth-order valence-electron chi connectivity index (χ4n) is 1.50. The van der Waals surface area contributed by atoms with Crippen molar-refractivity contribution in [3.8, 4) is 0 Å². The number of nitrogen functional groups attached to an aromatic ring is 1. The van der Waals surface area contributed by atoms with E-state index in [0.29, 0.717) is 18.1 Å². The third-order valence-electron chi connectivity index (χ3n) is 2.33. The summed E-state index contributed by atoms with van der Waals surface area (Å²) >= 11 is 0. The topological polar surface area (TPSA) is 68.5 Å². The maximum absolute atomic E-state index is 11.3. The van der Waals surface area contributed by atoms with Crippen LogP contribution in [0.1, 0.15) is 6.92 Å². The fourth-order valence-corrected chi connectivity index (χ4v) is 1.50. The zero-order chi connectivity index (χ0) is 12.1. The summed E-state index contributed by atoms with van der Waals surface area (Å²) in [5.41, 5.74) is 6.38. The summed E-state index contributed by atoms with van der Waals surface area (Å²) in [5.74, 6) is 0.232. The molecule has 0 spiro atoms. The number of carbonyl (C=O) groups excluding carboxylic acids is 1. The van der Waals surface area contributed by atoms with Gasteiger partial charge in [-0.25, -0.2) is 4.98 Å². The van der Waals surface area contributed by atoms with E-state index in [1.807, 2.05) is 18.9 Å². The van der Waals surface area contributed by atoms with Gasteiger partial charge in [-0.2, -0.15) is 0 Å². The molecule has 0 bridgehead atoms. The average molecular weight is 223 g/mol. The zero-order valence-electron chi connectivity index (χ0n) is 9.80. The van der Waals surface area contributed by atoms with E-state index in [-0.39, 0.29) is 11.9 Å². The van der Waals surface area contributed by atoms with Crippen molar-refractivity contribution in [1.29, 1.82) is 0 Å². The van der Waals surface area contributed by atoms with Crippen LogP contribution in [-0.4, -0.2) is 31.7 Å². The molecule has 5 nitrogen and oxygen atoms in total. The molecular formula is C11H17N3O2. The molecule has 0 aliphatic heterocycles. The molecule has 1 unspecified atom stereocenters. The van der Waals surface area contributed by atoms with Gasteiger partial charge in [-0.1, -0.05) is 6.92 Å². The number of aromatic nitrogens is 1. The van der Waals surface area contributed by atoms with Crippen LogP contribution >= 0.6 is 0 Å². The first kappa shape index (κ1) is 12.3. The third kappa shape index (κ3) is 2.85. The lowest BCUT2D eigenvalue weighted by molar-refractivity contribution is -0.144. The fraction of sp³-hybridized carbons (Fsp3) is 0.455. The monoisotopic (exact) mass is 223 g/mol. The highest BCUT2D eigenvalue weighted by Crippen LogP contribution is 2.18. The lowest BCUT2D eigenvalue weighted by atomic mass is 10.2. The minimum atomic E-state index is -0.235. The van der Waals surface area contributed by atoms with Crippen LogP contribution in [0.15, 0.2) is 18.3 Å². The summed E-state index contributed by atoms with van der Waals surface area (Å²) in [4.78, 5) is 17.3. The van der Waals surface area contributed by atoms with E-state index < -0.39 is 0 Å². The summed E-state index contributed by atoms with van der Waals surface area (Å²) in [6.07, 6.45) is 1.67. The van der Waals surface area contributed by atoms with Crippen LogP contribution in [0.2, 0.25) is 0 Å². The van der Waals surface area contributed by atoms with Gasteiger partial charge in [0.05, 0.1) is 18.7 Å². The molecule has 2 N–H and O–H groups in total. The molecule has 0 saturated heterocycles. The molecule has 0 fully saturated rings. The van der Waals surface area contributed by atoms with Crippen LogP contribution in [0.4, 0.5) is 11.5 Å². The molecule has 88 valence electrons. The molecular weight excluding hydrogens is 206 g/mol. The highest BCUT2D eigenvalue weighted by molar-refractivity contribution is 5.73. The van der Waals surface area contributed by atoms with Gasteiger partial charge in [0.25, 0.3) is 0 Å². The van der Waals surface area contributed by atoms with Crippen LogP contribution < -0.4 is 10.6 Å². The Balaban J connectivity index is 2.69. The van der Waals surface area contributed by atoms with Gasteiger partial charge in [-0.05, 0) is 12.1 Å². The largest absolute Gasteiger partial charge is 0.469 e. The number of nitrogens with zero attached hydrogens (tertiary/aromatic N) is 2. The number of anilines is 2. The number of ether oxygens (including phenoxy) is 1. The van der Waals surface area contributed by atoms with Gasteiger partial charge in [0.1, 0.15) is 0 Å². The highest BCUT2D eigenvalue weighted by Gasteiger charge is 2.17. The zero-order valence-corrected chi connectivity index (χ0v) is 9.80. The molecule has 1 atom stereocenters. The SMILES string of the molecule is COC(=O)C(C)CN(C)c1ncccc1N. The van der Waals surface area contributed by atoms with Crippen molar-refractivity contribution in [3.63, 3.8) is 0 Å². The van der Waals surface area contributed by atoms with Gasteiger partial charge >= 0.3 is 5.97 Å². The minimum absolute atomic E-state index is 0.212. The van der Waals surface area contributed by atoms with Crippen LogP contribution in [0.3, 0.4) is 0 Å². The predicted octanol–water partition coefficient (Wildman–Crippen LogP) is 0.909. The summed E-state index contributed by atoms with van der Waals surface area (Å²) in [6, 6.07) is 3.55. The molecule has 0 amide bonds. The number of hydrogen-bond donors (Lipinski definition) is 1. The number of hydrogen-bond acceptors (Lipinski definition) is 5. The maximum atomic E-state index is 11.3. The van der Waals surface area contributed by atoms with Gasteiger partial charge in [-0.3, -0.25) is 4.79 Å². The minimum Gasteiger partial charge on any atom is -0.469 e. The molecule has 1 aromatic heterocycles. The Kier molecular flexibility index (Phi) is 4.10. The van der Waals surface area contributed by atoms with E-state index in [1.165, 1.54) is 7.11 Å². The van der Waals surface area contributed by atoms with Crippen molar-refractivity contribution >= 4 is 17.5 Å². The second kappa shape index (κ2) is 5.34. The summed E-state index contributed by atoms with van der Waals surface area (Å²) in [5, 5.41) is 0. The number of nitrogens with two attached hydrogens (primary N) is 1. The van der Waals surface area contributed by atoms with Gasteiger partial charge in [0, 0.05) is 19.8 Å². The molecule has 16 heavy (non-hydrogen) atoms. The molecule has 0 aromatic carbocycles. The normalized spacial score (nSPS) is 11.9. The van der Waals surface area contributed by atoms with Gasteiger partial charge < -0.3 is 15.4 Å². The van der Waals surface area contributed by atoms with Crippen LogP contribution in [0, 0.1) is 5.92 Å². The van der Waals surface area contributed by atoms with Gasteiger partial charge in [-0.15, -0.1) is 0 Å². The number of esters is 1. The van der Waals surface area contributed by atoms with Crippen molar-refractivity contribution in [2.75, 3.05) is 31.3 Å². The van der Waals surface area contributed by atoms with E-state index in [1.54, 1.807) is 18.3 Å². The Morgan fingerprint density at radius 1 is 1.69 bits per heavy atom. The first-order valence-corrected chi connectivity index (χ1v) is 5.05. The molecule has 0 radical (unpaired) electrons. The van der Waals surface area contributed by atoms with E-state index in [4.69, 9.17) is 5.73 Å². The standard InChI is InChI=1S/C11H17N3O2/c1-8(11(15)16-3)7-14(2)10-9(12)5-4-6-13-10/h4-6,8H,7,12H2,1-3H3. The van der Waals surface area contributed by atoms with Crippen LogP contribution in [0.5, 0.6) is 0 Å². The molecule has 0 aliphatic carbocycles. The molecule has 1 aromatic rings. The second-order valence-corrected chi connectivity index (χ2v) is 3.72. The Labute approximate surface area is 95.2 Å². The Morgan fingerprint density at radius 2 is 2.38 bits per heavy atom. The first-order valence-electron chi connectivity index (χ1n) is 5.05. The molecule has 1 heterocycles. The van der Waals surface area contributed by atoms with Crippen molar-refractivity contribution in [3.05, 3.63) is 18.3 Å². The molecule has 0 saturated carbocycles. The van der Waals surface area contributed by atoms with E-state index in [0.717, 1.165) is 0 Å². The van der Waals surface area contributed by atoms with Crippen molar-refractivity contribution < 1.29 is 9.53 Å². The number of methoxy groups -OCH3 is 1. The van der Waals surface area contributed by atoms with Gasteiger partial charge in [0.2, 0.25) is 0 Å². The Morgan fingerprint density at radius 3 is 2.94 bits per heavy atom. The number of carbonyl (C=O) groups is 1. The summed E-state index contributed by atoms with van der Waals surface area (Å²) in [7, 11) is 3.23. The Bertz CT molecular complexity index is 368. The average Bonchev–Trinajstić information content (AvgIpc) is 2.28. The number of pyridine rings is 1. The van der Waals surface area contributed by atoms with Crippen LogP contribution in [-0.2, 0) is 9.53 Å². The smallest absolute Gasteiger partial charge is 0.310 e. The lowest BCUT2D eigenvalue weighted by Gasteiger charge is -2.22. The molecule has 0 aliphatic rings. The predicted molar refractivity (Wildman–Crippen MR) is 63.1 cm³/mol. The van der Waals surface area contributed by atoms with E-state index in [9.17, 15) is 4.79 Å². The van der Waals surface area contributed by atoms with E-state index in [2.05, 4.69) is 9.72 Å².